The normalized spacial score (nSPS) is 11.6. The van der Waals surface area contributed by atoms with Gasteiger partial charge in [0.05, 0.1) is 37.9 Å². The van der Waals surface area contributed by atoms with Gasteiger partial charge in [-0.15, -0.1) is 0 Å². The zero-order chi connectivity index (χ0) is 23.1. The molecule has 0 fully saturated rings. The zero-order valence-electron chi connectivity index (χ0n) is 18.0. The molecule has 7 nitrogen and oxygen atoms in total. The summed E-state index contributed by atoms with van der Waals surface area (Å²) in [6, 6.07) is 13.7. The number of benzene rings is 2. The third-order valence-corrected chi connectivity index (χ3v) is 6.24. The number of methoxy groups -OCH3 is 3. The third kappa shape index (κ3) is 5.63. The minimum absolute atomic E-state index is 0.149. The number of hydrogen-bond donors (Lipinski definition) is 1. The van der Waals surface area contributed by atoms with Gasteiger partial charge in [-0.1, -0.05) is 23.7 Å². The standard InChI is InChI=1S/C23H24ClNO6S/c1-28-19-9-7-15(21(29-2)22(19)30-3)11-12-25-23(26)20-10-8-17(31-20)14-32(27)18-6-4-5-16(24)13-18/h4-10,13H,11-12,14H2,1-3H3,(H,25,26)/t32-/m0/s1. The third-order valence-electron chi connectivity index (χ3n) is 4.68. The molecule has 1 heterocycles. The molecule has 1 amide bonds. The van der Waals surface area contributed by atoms with Crippen LogP contribution in [-0.4, -0.2) is 38.0 Å². The van der Waals surface area contributed by atoms with Crippen LogP contribution in [0.2, 0.25) is 5.02 Å². The molecule has 1 aromatic heterocycles. The van der Waals surface area contributed by atoms with E-state index in [1.807, 2.05) is 6.07 Å². The van der Waals surface area contributed by atoms with E-state index in [0.29, 0.717) is 45.9 Å². The maximum atomic E-state index is 12.5. The van der Waals surface area contributed by atoms with E-state index in [0.717, 1.165) is 5.56 Å². The molecule has 9 heteroatoms. The first-order valence-corrected chi connectivity index (χ1v) is 11.4. The van der Waals surface area contributed by atoms with Gasteiger partial charge in [-0.2, -0.15) is 0 Å². The lowest BCUT2D eigenvalue weighted by atomic mass is 10.1. The van der Waals surface area contributed by atoms with Gasteiger partial charge in [0.2, 0.25) is 5.75 Å². The maximum Gasteiger partial charge on any atom is 0.287 e. The highest BCUT2D eigenvalue weighted by molar-refractivity contribution is 7.84. The Morgan fingerprint density at radius 3 is 2.50 bits per heavy atom. The average molecular weight is 478 g/mol. The molecule has 0 aliphatic carbocycles. The Kier molecular flexibility index (Phi) is 8.19. The number of nitrogens with one attached hydrogen (secondary N) is 1. The molecule has 0 spiro atoms. The number of carbonyl (C=O) groups is 1. The monoisotopic (exact) mass is 477 g/mol. The van der Waals surface area contributed by atoms with Crippen LogP contribution in [0.5, 0.6) is 17.2 Å². The first-order valence-electron chi connectivity index (χ1n) is 9.75. The topological polar surface area (TPSA) is 87.0 Å². The van der Waals surface area contributed by atoms with Crippen molar-refractivity contribution in [3.8, 4) is 17.2 Å². The molecule has 1 atom stereocenters. The molecule has 0 radical (unpaired) electrons. The Labute approximate surface area is 194 Å². The molecule has 170 valence electrons. The van der Waals surface area contributed by atoms with Crippen molar-refractivity contribution < 1.29 is 27.6 Å². The molecule has 0 saturated heterocycles. The molecule has 0 saturated carbocycles. The second kappa shape index (κ2) is 11.1. The van der Waals surface area contributed by atoms with E-state index >= 15 is 0 Å². The quantitative estimate of drug-likeness (QED) is 0.470. The van der Waals surface area contributed by atoms with Crippen molar-refractivity contribution in [3.63, 3.8) is 0 Å². The predicted molar refractivity (Wildman–Crippen MR) is 122 cm³/mol. The highest BCUT2D eigenvalue weighted by Crippen LogP contribution is 2.39. The average Bonchev–Trinajstić information content (AvgIpc) is 3.26. The number of halogens is 1. The summed E-state index contributed by atoms with van der Waals surface area (Å²) in [7, 11) is 3.32. The van der Waals surface area contributed by atoms with Crippen LogP contribution >= 0.6 is 11.6 Å². The van der Waals surface area contributed by atoms with Crippen LogP contribution in [0.4, 0.5) is 0 Å². The van der Waals surface area contributed by atoms with Gasteiger partial charge in [0, 0.05) is 22.0 Å². The first kappa shape index (κ1) is 23.7. The Balaban J connectivity index is 1.58. The molecule has 0 unspecified atom stereocenters. The number of amides is 1. The Bertz CT molecular complexity index is 1110. The molecule has 32 heavy (non-hydrogen) atoms. The van der Waals surface area contributed by atoms with E-state index in [4.69, 9.17) is 30.2 Å². The zero-order valence-corrected chi connectivity index (χ0v) is 19.5. The van der Waals surface area contributed by atoms with Gasteiger partial charge in [0.15, 0.2) is 17.3 Å². The van der Waals surface area contributed by atoms with Gasteiger partial charge in [-0.25, -0.2) is 0 Å². The molecule has 1 N–H and O–H groups in total. The second-order valence-electron chi connectivity index (χ2n) is 6.71. The van der Waals surface area contributed by atoms with Gasteiger partial charge in [0.25, 0.3) is 5.91 Å². The maximum absolute atomic E-state index is 12.5. The number of hydrogen-bond acceptors (Lipinski definition) is 6. The van der Waals surface area contributed by atoms with E-state index in [-0.39, 0.29) is 17.4 Å². The molecular formula is C23H24ClNO6S. The fourth-order valence-electron chi connectivity index (χ4n) is 3.16. The fraction of sp³-hybridized carbons (Fsp3) is 0.261. The Hall–Kier alpha value is -2.97. The van der Waals surface area contributed by atoms with Crippen molar-refractivity contribution >= 4 is 28.3 Å². The number of furan rings is 1. The van der Waals surface area contributed by atoms with Crippen LogP contribution in [0.25, 0.3) is 0 Å². The molecule has 2 aromatic carbocycles. The van der Waals surface area contributed by atoms with Crippen LogP contribution < -0.4 is 19.5 Å². The highest BCUT2D eigenvalue weighted by Gasteiger charge is 2.17. The van der Waals surface area contributed by atoms with Crippen molar-refractivity contribution in [3.05, 3.63) is 70.6 Å². The molecular weight excluding hydrogens is 454 g/mol. The summed E-state index contributed by atoms with van der Waals surface area (Å²) in [6.07, 6.45) is 0.515. The largest absolute Gasteiger partial charge is 0.493 e. The van der Waals surface area contributed by atoms with Crippen LogP contribution in [0.15, 0.2) is 57.8 Å². The van der Waals surface area contributed by atoms with Gasteiger partial charge in [-0.3, -0.25) is 9.00 Å². The second-order valence-corrected chi connectivity index (χ2v) is 8.60. The number of rotatable bonds is 10. The van der Waals surface area contributed by atoms with E-state index < -0.39 is 10.8 Å². The molecule has 0 aliphatic rings. The lowest BCUT2D eigenvalue weighted by Gasteiger charge is -2.15. The summed E-state index contributed by atoms with van der Waals surface area (Å²) in [4.78, 5) is 13.1. The lowest BCUT2D eigenvalue weighted by molar-refractivity contribution is 0.0925. The van der Waals surface area contributed by atoms with Crippen molar-refractivity contribution in [2.45, 2.75) is 17.1 Å². The number of ether oxygens (including phenoxy) is 3. The van der Waals surface area contributed by atoms with E-state index in [1.165, 1.54) is 0 Å². The van der Waals surface area contributed by atoms with Crippen molar-refractivity contribution in [1.29, 1.82) is 0 Å². The van der Waals surface area contributed by atoms with E-state index in [1.54, 1.807) is 63.8 Å². The van der Waals surface area contributed by atoms with Crippen molar-refractivity contribution in [1.82, 2.24) is 5.32 Å². The minimum Gasteiger partial charge on any atom is -0.493 e. The van der Waals surface area contributed by atoms with Gasteiger partial charge in [-0.05, 0) is 42.8 Å². The van der Waals surface area contributed by atoms with Crippen molar-refractivity contribution in [2.75, 3.05) is 27.9 Å². The van der Waals surface area contributed by atoms with Crippen molar-refractivity contribution in [2.24, 2.45) is 0 Å². The minimum atomic E-state index is -1.33. The molecule has 0 bridgehead atoms. The van der Waals surface area contributed by atoms with E-state index in [9.17, 15) is 9.00 Å². The summed E-state index contributed by atoms with van der Waals surface area (Å²) < 4.78 is 34.2. The summed E-state index contributed by atoms with van der Waals surface area (Å²) in [5, 5.41) is 3.33. The van der Waals surface area contributed by atoms with Crippen LogP contribution in [0, 0.1) is 0 Å². The fourth-order valence-corrected chi connectivity index (χ4v) is 4.48. The summed E-state index contributed by atoms with van der Waals surface area (Å²) >= 11 is 5.95. The summed E-state index contributed by atoms with van der Waals surface area (Å²) in [5.74, 6) is 2.03. The lowest BCUT2D eigenvalue weighted by Crippen LogP contribution is -2.25. The predicted octanol–water partition coefficient (Wildman–Crippen LogP) is 4.24. The summed E-state index contributed by atoms with van der Waals surface area (Å²) in [6.45, 7) is 0.356. The molecule has 0 aliphatic heterocycles. The van der Waals surface area contributed by atoms with Gasteiger partial charge >= 0.3 is 0 Å². The number of carbonyl (C=O) groups excluding carboxylic acids is 1. The van der Waals surface area contributed by atoms with Crippen LogP contribution in [0.3, 0.4) is 0 Å². The Morgan fingerprint density at radius 1 is 1.03 bits per heavy atom. The smallest absolute Gasteiger partial charge is 0.287 e. The Morgan fingerprint density at radius 2 is 1.81 bits per heavy atom. The van der Waals surface area contributed by atoms with Gasteiger partial charge < -0.3 is 23.9 Å². The van der Waals surface area contributed by atoms with E-state index in [2.05, 4.69) is 5.32 Å². The van der Waals surface area contributed by atoms with Crippen LogP contribution in [-0.2, 0) is 23.0 Å². The first-order chi connectivity index (χ1) is 15.5. The summed E-state index contributed by atoms with van der Waals surface area (Å²) in [5.41, 5.74) is 0.863. The SMILES string of the molecule is COc1ccc(CCNC(=O)c2ccc(C[S@](=O)c3cccc(Cl)c3)o2)c(OC)c1OC. The molecule has 3 rings (SSSR count). The highest BCUT2D eigenvalue weighted by atomic mass is 35.5. The van der Waals surface area contributed by atoms with Crippen LogP contribution in [0.1, 0.15) is 21.9 Å². The molecule has 3 aromatic rings. The van der Waals surface area contributed by atoms with Gasteiger partial charge in [0.1, 0.15) is 5.76 Å².